The summed E-state index contributed by atoms with van der Waals surface area (Å²) in [6, 6.07) is 19.8. The minimum atomic E-state index is -0.496. The Bertz CT molecular complexity index is 634. The van der Waals surface area contributed by atoms with E-state index in [9.17, 15) is 4.79 Å². The molecule has 0 radical (unpaired) electrons. The van der Waals surface area contributed by atoms with Gasteiger partial charge in [0.1, 0.15) is 5.60 Å². The summed E-state index contributed by atoms with van der Waals surface area (Å²) in [5, 5.41) is 0. The first-order valence-electron chi connectivity index (χ1n) is 7.47. The second kappa shape index (κ2) is 7.08. The first-order valence-corrected chi connectivity index (χ1v) is 7.47. The topological polar surface area (TPSA) is 26.3 Å². The van der Waals surface area contributed by atoms with Crippen molar-refractivity contribution in [3.05, 3.63) is 77.4 Å². The van der Waals surface area contributed by atoms with E-state index >= 15 is 0 Å². The summed E-state index contributed by atoms with van der Waals surface area (Å²) >= 11 is 0. The second-order valence-corrected chi connectivity index (χ2v) is 6.24. The molecule has 0 aliphatic heterocycles. The van der Waals surface area contributed by atoms with Gasteiger partial charge in [-0.3, -0.25) is 0 Å². The van der Waals surface area contributed by atoms with Crippen molar-refractivity contribution in [2.75, 3.05) is 0 Å². The Morgan fingerprint density at radius 1 is 0.955 bits per heavy atom. The first kappa shape index (κ1) is 16.0. The zero-order chi connectivity index (χ0) is 16.0. The Morgan fingerprint density at radius 3 is 2.05 bits per heavy atom. The van der Waals surface area contributed by atoms with Crippen molar-refractivity contribution in [2.45, 2.75) is 32.8 Å². The van der Waals surface area contributed by atoms with Crippen LogP contribution in [0.4, 0.5) is 0 Å². The van der Waals surface area contributed by atoms with Gasteiger partial charge in [-0.05, 0) is 38.0 Å². The maximum atomic E-state index is 12.5. The third-order valence-corrected chi connectivity index (χ3v) is 3.04. The monoisotopic (exact) mass is 294 g/mol. The zero-order valence-corrected chi connectivity index (χ0v) is 13.4. The molecule has 0 bridgehead atoms. The molecule has 22 heavy (non-hydrogen) atoms. The van der Waals surface area contributed by atoms with Crippen molar-refractivity contribution in [1.82, 2.24) is 0 Å². The van der Waals surface area contributed by atoms with Crippen LogP contribution in [0.1, 0.15) is 31.9 Å². The molecule has 0 atom stereocenters. The van der Waals surface area contributed by atoms with Gasteiger partial charge in [0.05, 0.1) is 0 Å². The summed E-state index contributed by atoms with van der Waals surface area (Å²) in [7, 11) is 0. The van der Waals surface area contributed by atoms with Crippen LogP contribution in [0, 0.1) is 0 Å². The van der Waals surface area contributed by atoms with Crippen molar-refractivity contribution in [3.63, 3.8) is 0 Å². The molecule has 0 heterocycles. The van der Waals surface area contributed by atoms with Gasteiger partial charge in [0, 0.05) is 12.0 Å². The van der Waals surface area contributed by atoms with Crippen molar-refractivity contribution in [3.8, 4) is 0 Å². The molecule has 0 fully saturated rings. The Morgan fingerprint density at radius 2 is 1.50 bits per heavy atom. The number of esters is 1. The van der Waals surface area contributed by atoms with Crippen LogP contribution in [0.5, 0.6) is 0 Å². The predicted molar refractivity (Wildman–Crippen MR) is 90.4 cm³/mol. The number of hydrogen-bond donors (Lipinski definition) is 0. The lowest BCUT2D eigenvalue weighted by molar-refractivity contribution is -0.149. The number of hydrogen-bond acceptors (Lipinski definition) is 2. The standard InChI is InChI=1S/C20H22O2/c1-20(2,3)22-19(21)18(14-16-10-6-4-7-11-16)15-17-12-8-5-9-13-17/h4-14H,15H2,1-3H3/b18-14+. The van der Waals surface area contributed by atoms with Crippen LogP contribution in [0.3, 0.4) is 0 Å². The average Bonchev–Trinajstić information content (AvgIpc) is 2.47. The highest BCUT2D eigenvalue weighted by Crippen LogP contribution is 2.17. The summed E-state index contributed by atoms with van der Waals surface area (Å²) in [5.41, 5.74) is 2.26. The smallest absolute Gasteiger partial charge is 0.334 e. The number of carbonyl (C=O) groups excluding carboxylic acids is 1. The predicted octanol–water partition coefficient (Wildman–Crippen LogP) is 4.65. The van der Waals surface area contributed by atoms with E-state index in [0.717, 1.165) is 11.1 Å². The van der Waals surface area contributed by atoms with Crippen molar-refractivity contribution in [2.24, 2.45) is 0 Å². The number of rotatable bonds is 4. The van der Waals surface area contributed by atoms with Gasteiger partial charge < -0.3 is 4.74 Å². The van der Waals surface area contributed by atoms with E-state index in [1.54, 1.807) is 0 Å². The Hall–Kier alpha value is -2.35. The molecule has 0 aromatic heterocycles. The quantitative estimate of drug-likeness (QED) is 0.606. The van der Waals surface area contributed by atoms with Crippen LogP contribution in [0.25, 0.3) is 6.08 Å². The van der Waals surface area contributed by atoms with E-state index in [1.165, 1.54) is 0 Å². The molecule has 0 spiro atoms. The maximum Gasteiger partial charge on any atom is 0.334 e. The average molecular weight is 294 g/mol. The first-order chi connectivity index (χ1) is 10.4. The lowest BCUT2D eigenvalue weighted by Gasteiger charge is -2.20. The highest BCUT2D eigenvalue weighted by atomic mass is 16.6. The Balaban J connectivity index is 2.28. The van der Waals surface area contributed by atoms with Crippen LogP contribution in [0.15, 0.2) is 66.2 Å². The number of ether oxygens (including phenoxy) is 1. The number of benzene rings is 2. The minimum Gasteiger partial charge on any atom is -0.457 e. The van der Waals surface area contributed by atoms with Gasteiger partial charge in [-0.25, -0.2) is 4.79 Å². The van der Waals surface area contributed by atoms with Crippen LogP contribution < -0.4 is 0 Å². The summed E-state index contributed by atoms with van der Waals surface area (Å²) in [6.07, 6.45) is 2.46. The third-order valence-electron chi connectivity index (χ3n) is 3.04. The van der Waals surface area contributed by atoms with Gasteiger partial charge >= 0.3 is 5.97 Å². The fourth-order valence-electron chi connectivity index (χ4n) is 2.09. The molecule has 114 valence electrons. The summed E-state index contributed by atoms with van der Waals surface area (Å²) in [6.45, 7) is 5.65. The SMILES string of the molecule is CC(C)(C)OC(=O)/C(=C/c1ccccc1)Cc1ccccc1. The third kappa shape index (κ3) is 5.21. The van der Waals surface area contributed by atoms with E-state index in [-0.39, 0.29) is 5.97 Å². The molecule has 0 N–H and O–H groups in total. The van der Waals surface area contributed by atoms with E-state index in [1.807, 2.05) is 87.5 Å². The molecule has 0 aliphatic rings. The molecule has 0 amide bonds. The molecule has 0 saturated heterocycles. The van der Waals surface area contributed by atoms with Gasteiger partial charge in [-0.1, -0.05) is 60.7 Å². The molecular formula is C20H22O2. The maximum absolute atomic E-state index is 12.5. The van der Waals surface area contributed by atoms with Crippen LogP contribution in [0.2, 0.25) is 0 Å². The van der Waals surface area contributed by atoms with E-state index in [0.29, 0.717) is 12.0 Å². The minimum absolute atomic E-state index is 0.264. The summed E-state index contributed by atoms with van der Waals surface area (Å²) in [5.74, 6) is -0.264. The highest BCUT2D eigenvalue weighted by molar-refractivity contribution is 5.94. The van der Waals surface area contributed by atoms with E-state index in [4.69, 9.17) is 4.74 Å². The van der Waals surface area contributed by atoms with Crippen LogP contribution in [-0.2, 0) is 16.0 Å². The molecule has 2 rings (SSSR count). The molecule has 2 nitrogen and oxygen atoms in total. The zero-order valence-electron chi connectivity index (χ0n) is 13.4. The van der Waals surface area contributed by atoms with E-state index in [2.05, 4.69) is 0 Å². The number of carbonyl (C=O) groups is 1. The molecule has 2 aromatic carbocycles. The van der Waals surface area contributed by atoms with Gasteiger partial charge in [0.25, 0.3) is 0 Å². The molecule has 2 heteroatoms. The fraction of sp³-hybridized carbons (Fsp3) is 0.250. The second-order valence-electron chi connectivity index (χ2n) is 6.24. The largest absolute Gasteiger partial charge is 0.457 e. The van der Waals surface area contributed by atoms with Gasteiger partial charge in [-0.2, -0.15) is 0 Å². The van der Waals surface area contributed by atoms with Crippen molar-refractivity contribution >= 4 is 12.0 Å². The lowest BCUT2D eigenvalue weighted by Crippen LogP contribution is -2.25. The summed E-state index contributed by atoms with van der Waals surface area (Å²) < 4.78 is 5.54. The fourth-order valence-corrected chi connectivity index (χ4v) is 2.09. The van der Waals surface area contributed by atoms with Crippen LogP contribution >= 0.6 is 0 Å². The molecule has 0 unspecified atom stereocenters. The van der Waals surface area contributed by atoms with Gasteiger partial charge in [0.2, 0.25) is 0 Å². The highest BCUT2D eigenvalue weighted by Gasteiger charge is 2.20. The molecular weight excluding hydrogens is 272 g/mol. The Kier molecular flexibility index (Phi) is 5.16. The molecule has 0 saturated carbocycles. The van der Waals surface area contributed by atoms with Crippen LogP contribution in [-0.4, -0.2) is 11.6 Å². The van der Waals surface area contributed by atoms with E-state index < -0.39 is 5.60 Å². The van der Waals surface area contributed by atoms with Gasteiger partial charge in [0.15, 0.2) is 0 Å². The lowest BCUT2D eigenvalue weighted by atomic mass is 10.0. The van der Waals surface area contributed by atoms with Gasteiger partial charge in [-0.15, -0.1) is 0 Å². The molecule has 2 aromatic rings. The summed E-state index contributed by atoms with van der Waals surface area (Å²) in [4.78, 5) is 12.5. The van der Waals surface area contributed by atoms with Crippen molar-refractivity contribution in [1.29, 1.82) is 0 Å². The molecule has 0 aliphatic carbocycles. The normalized spacial score (nSPS) is 12.0. The van der Waals surface area contributed by atoms with Crippen molar-refractivity contribution < 1.29 is 9.53 Å². The Labute approximate surface area is 132 Å².